The van der Waals surface area contributed by atoms with Crippen molar-refractivity contribution < 1.29 is 38.4 Å². The number of nitrogens with zero attached hydrogens (tertiary/aromatic N) is 1. The Hall–Kier alpha value is -2.16. The zero-order valence-electron chi connectivity index (χ0n) is 10.6. The van der Waals surface area contributed by atoms with E-state index in [0.717, 1.165) is 16.9 Å². The Labute approximate surface area is 121 Å². The van der Waals surface area contributed by atoms with Crippen LogP contribution in [0.2, 0.25) is 0 Å². The molecule has 0 bridgehead atoms. The third kappa shape index (κ3) is 4.42. The van der Waals surface area contributed by atoms with Crippen LogP contribution in [0.5, 0.6) is 5.75 Å². The molecule has 21 heavy (non-hydrogen) atoms. The molecule has 0 aliphatic rings. The van der Waals surface area contributed by atoms with Crippen molar-refractivity contribution in [2.45, 2.75) is 0 Å². The molecule has 110 valence electrons. The van der Waals surface area contributed by atoms with E-state index >= 15 is 0 Å². The molecule has 3 aromatic rings. The lowest BCUT2D eigenvalue weighted by atomic mass is 10.1. The molecular formula is C13H11ClN2O5. The van der Waals surface area contributed by atoms with Gasteiger partial charge in [-0.2, -0.15) is 0 Å². The fourth-order valence-electron chi connectivity index (χ4n) is 1.82. The van der Waals surface area contributed by atoms with Crippen LogP contribution >= 0.6 is 0 Å². The summed E-state index contributed by atoms with van der Waals surface area (Å²) in [6, 6.07) is 13.2. The van der Waals surface area contributed by atoms with Crippen LogP contribution in [-0.4, -0.2) is 10.1 Å². The minimum atomic E-state index is -4.94. The second-order valence-corrected chi connectivity index (χ2v) is 4.81. The lowest BCUT2D eigenvalue weighted by Gasteiger charge is -2.17. The highest BCUT2D eigenvalue weighted by Gasteiger charge is 2.12. The van der Waals surface area contributed by atoms with Crippen LogP contribution in [0, 0.1) is 10.2 Å². The number of fused-ring (bicyclic) bond motifs is 1. The monoisotopic (exact) mass is 310 g/mol. The Bertz CT molecular complexity index is 700. The molecule has 0 aliphatic heterocycles. The third-order valence-electron chi connectivity index (χ3n) is 2.62. The minimum absolute atomic E-state index is 0.287. The van der Waals surface area contributed by atoms with Crippen LogP contribution in [0.25, 0.3) is 16.9 Å². The molecular weight excluding hydrogens is 300 g/mol. The summed E-state index contributed by atoms with van der Waals surface area (Å²) in [5.41, 5.74) is 2.72. The minimum Gasteiger partial charge on any atom is -0.507 e. The number of imidazole rings is 1. The molecule has 0 spiro atoms. The molecule has 0 unspecified atom stereocenters. The fourth-order valence-corrected chi connectivity index (χ4v) is 1.82. The van der Waals surface area contributed by atoms with Gasteiger partial charge >= 0.3 is 0 Å². The van der Waals surface area contributed by atoms with Gasteiger partial charge in [0.2, 0.25) is 0 Å². The molecule has 2 N–H and O–H groups in total. The van der Waals surface area contributed by atoms with Gasteiger partial charge in [0.15, 0.2) is 5.69 Å². The number of aromatic amines is 1. The molecule has 0 saturated heterocycles. The summed E-state index contributed by atoms with van der Waals surface area (Å²) in [6.45, 7) is 0. The van der Waals surface area contributed by atoms with Crippen molar-refractivity contribution in [3.05, 3.63) is 54.9 Å². The predicted molar refractivity (Wildman–Crippen MR) is 61.1 cm³/mol. The number of aromatic hydroxyl groups is 1. The largest absolute Gasteiger partial charge is 0.507 e. The number of pyridine rings is 1. The predicted octanol–water partition coefficient (Wildman–Crippen LogP) is -2.63. The second kappa shape index (κ2) is 6.08. The Morgan fingerprint density at radius 1 is 0.952 bits per heavy atom. The first-order valence-corrected chi connectivity index (χ1v) is 6.97. The summed E-state index contributed by atoms with van der Waals surface area (Å²) in [4.78, 5) is 3.26. The highest BCUT2D eigenvalue weighted by atomic mass is 35.7. The molecule has 2 heterocycles. The molecule has 1 aromatic carbocycles. The molecule has 7 nitrogen and oxygen atoms in total. The van der Waals surface area contributed by atoms with Gasteiger partial charge in [0.1, 0.15) is 11.9 Å². The van der Waals surface area contributed by atoms with Gasteiger partial charge in [-0.15, -0.1) is 10.2 Å². The van der Waals surface area contributed by atoms with Crippen LogP contribution in [0.15, 0.2) is 54.9 Å². The quantitative estimate of drug-likeness (QED) is 0.474. The van der Waals surface area contributed by atoms with Crippen molar-refractivity contribution in [1.82, 2.24) is 4.98 Å². The number of hydrogen-bond donors (Lipinski definition) is 2. The highest BCUT2D eigenvalue weighted by molar-refractivity contribution is 5.66. The zero-order valence-corrected chi connectivity index (χ0v) is 11.4. The lowest BCUT2D eigenvalue weighted by Crippen LogP contribution is -2.68. The van der Waals surface area contributed by atoms with Gasteiger partial charge in [-0.1, -0.05) is 18.2 Å². The Morgan fingerprint density at radius 3 is 2.19 bits per heavy atom. The van der Waals surface area contributed by atoms with Crippen LogP contribution in [0.1, 0.15) is 0 Å². The Balaban J connectivity index is 0.000000282. The maximum atomic E-state index is 9.76. The van der Waals surface area contributed by atoms with Gasteiger partial charge in [0, 0.05) is 6.07 Å². The molecule has 0 aliphatic carbocycles. The van der Waals surface area contributed by atoms with Crippen molar-refractivity contribution in [3.8, 4) is 17.0 Å². The normalized spacial score (nSPS) is 11.0. The Kier molecular flexibility index (Phi) is 4.41. The van der Waals surface area contributed by atoms with Crippen LogP contribution in [0.4, 0.5) is 0 Å². The standard InChI is InChI=1S/C13H10N2O.ClHO4/c16-12-6-2-1-5-10(12)11-9-15-8-4-3-7-13(15)14-11;2-1(3,4)5/h1-9,16H;(H,2,3,4,5). The van der Waals surface area contributed by atoms with Gasteiger partial charge in [0.25, 0.3) is 5.65 Å². The molecule has 0 fully saturated rings. The first-order valence-electron chi connectivity index (χ1n) is 5.74. The van der Waals surface area contributed by atoms with E-state index in [1.54, 1.807) is 6.07 Å². The summed E-state index contributed by atoms with van der Waals surface area (Å²) < 4.78 is 36.0. The molecule has 3 rings (SSSR count). The van der Waals surface area contributed by atoms with Crippen LogP contribution < -0.4 is 23.0 Å². The van der Waals surface area contributed by atoms with E-state index in [2.05, 4.69) is 4.98 Å². The highest BCUT2D eigenvalue weighted by Crippen LogP contribution is 2.26. The zero-order chi connectivity index (χ0) is 15.5. The first-order chi connectivity index (χ1) is 9.84. The third-order valence-corrected chi connectivity index (χ3v) is 2.62. The number of halogens is 1. The van der Waals surface area contributed by atoms with Crippen LogP contribution in [0.3, 0.4) is 0 Å². The van der Waals surface area contributed by atoms with E-state index in [1.807, 2.05) is 53.2 Å². The summed E-state index contributed by atoms with van der Waals surface area (Å²) in [5.74, 6) is 0.287. The number of phenols is 1. The number of nitrogens with one attached hydrogen (secondary N) is 1. The number of aromatic nitrogens is 2. The van der Waals surface area contributed by atoms with E-state index in [4.69, 9.17) is 18.6 Å². The summed E-state index contributed by atoms with van der Waals surface area (Å²) >= 11 is 0. The van der Waals surface area contributed by atoms with Gasteiger partial charge in [-0.05, 0) is 18.2 Å². The van der Waals surface area contributed by atoms with Crippen molar-refractivity contribution >= 4 is 5.65 Å². The molecule has 2 aromatic heterocycles. The van der Waals surface area contributed by atoms with Gasteiger partial charge in [-0.25, -0.2) is 28.0 Å². The van der Waals surface area contributed by atoms with Gasteiger partial charge in [-0.3, -0.25) is 0 Å². The maximum Gasteiger partial charge on any atom is 0.284 e. The lowest BCUT2D eigenvalue weighted by molar-refractivity contribution is -2.00. The first kappa shape index (κ1) is 15.2. The number of hydrogen-bond acceptors (Lipinski definition) is 5. The van der Waals surface area contributed by atoms with E-state index in [-0.39, 0.29) is 5.75 Å². The van der Waals surface area contributed by atoms with Crippen molar-refractivity contribution in [2.24, 2.45) is 0 Å². The van der Waals surface area contributed by atoms with E-state index in [1.165, 1.54) is 0 Å². The number of phenolic OH excluding ortho intramolecular Hbond substituents is 1. The van der Waals surface area contributed by atoms with Gasteiger partial charge in [0.05, 0.1) is 11.8 Å². The van der Waals surface area contributed by atoms with Crippen LogP contribution in [-0.2, 0) is 0 Å². The molecule has 0 atom stereocenters. The molecule has 0 radical (unpaired) electrons. The SMILES string of the molecule is Oc1ccccc1-c1c[n+]2ccccc2[nH]1.[O-][Cl+3]([O-])([O-])[O-]. The molecule has 8 heteroatoms. The summed E-state index contributed by atoms with van der Waals surface area (Å²) in [7, 11) is -4.94. The Morgan fingerprint density at radius 2 is 1.57 bits per heavy atom. The number of rotatable bonds is 1. The molecule has 0 saturated carbocycles. The van der Waals surface area contributed by atoms with Crippen molar-refractivity contribution in [3.63, 3.8) is 0 Å². The maximum absolute atomic E-state index is 9.76. The number of benzene rings is 1. The summed E-state index contributed by atoms with van der Waals surface area (Å²) in [5, 5.41) is 9.76. The number of H-pyrrole nitrogens is 1. The average molecular weight is 311 g/mol. The van der Waals surface area contributed by atoms with Crippen molar-refractivity contribution in [1.29, 1.82) is 0 Å². The van der Waals surface area contributed by atoms with Crippen molar-refractivity contribution in [2.75, 3.05) is 0 Å². The average Bonchev–Trinajstić information content (AvgIpc) is 2.80. The molecule has 0 amide bonds. The van der Waals surface area contributed by atoms with E-state index < -0.39 is 10.2 Å². The topological polar surface area (TPSA) is 132 Å². The number of para-hydroxylation sites is 1. The second-order valence-electron chi connectivity index (χ2n) is 4.06. The summed E-state index contributed by atoms with van der Waals surface area (Å²) in [6.07, 6.45) is 3.93. The van der Waals surface area contributed by atoms with Gasteiger partial charge < -0.3 is 5.11 Å². The fraction of sp³-hybridized carbons (Fsp3) is 0. The van der Waals surface area contributed by atoms with E-state index in [0.29, 0.717) is 0 Å². The smallest absolute Gasteiger partial charge is 0.284 e. The van der Waals surface area contributed by atoms with E-state index in [9.17, 15) is 5.11 Å².